The third kappa shape index (κ3) is 3.30. The summed E-state index contributed by atoms with van der Waals surface area (Å²) >= 11 is 8.72. The van der Waals surface area contributed by atoms with E-state index in [1.165, 1.54) is 16.2 Å². The average Bonchev–Trinajstić information content (AvgIpc) is 3.05. The Morgan fingerprint density at radius 2 is 2.25 bits per heavy atom. The molecule has 106 valence electrons. The van der Waals surface area contributed by atoms with Gasteiger partial charge in [-0.25, -0.2) is 0 Å². The van der Waals surface area contributed by atoms with E-state index in [0.717, 1.165) is 34.6 Å². The van der Waals surface area contributed by atoms with Gasteiger partial charge < -0.3 is 4.90 Å². The van der Waals surface area contributed by atoms with E-state index in [1.807, 2.05) is 39.4 Å². The molecular weight excluding hydrogens is 374 g/mol. The van der Waals surface area contributed by atoms with E-state index in [2.05, 4.69) is 33.4 Å². The van der Waals surface area contributed by atoms with Crippen LogP contribution < -0.4 is 0 Å². The lowest BCUT2D eigenvalue weighted by Crippen LogP contribution is -2.32. The van der Waals surface area contributed by atoms with Crippen molar-refractivity contribution in [2.75, 3.05) is 18.8 Å². The summed E-state index contributed by atoms with van der Waals surface area (Å²) in [5.41, 5.74) is 0. The number of halogens is 1. The lowest BCUT2D eigenvalue weighted by molar-refractivity contribution is 0.0771. The van der Waals surface area contributed by atoms with Crippen molar-refractivity contribution < 1.29 is 4.79 Å². The van der Waals surface area contributed by atoms with Crippen molar-refractivity contribution in [3.63, 3.8) is 0 Å². The molecule has 20 heavy (non-hydrogen) atoms. The standard InChI is InChI=1S/C14H14BrNOS3/c15-10-8-13(20-9-10)14(17)16-4-3-12(19-7-5-16)11-2-1-6-18-11/h1-2,6,8-9,12H,3-5,7H2. The van der Waals surface area contributed by atoms with E-state index in [1.54, 1.807) is 0 Å². The van der Waals surface area contributed by atoms with E-state index >= 15 is 0 Å². The highest BCUT2D eigenvalue weighted by Gasteiger charge is 2.24. The van der Waals surface area contributed by atoms with Crippen LogP contribution in [0.15, 0.2) is 33.4 Å². The first-order chi connectivity index (χ1) is 9.74. The second kappa shape index (κ2) is 6.64. The van der Waals surface area contributed by atoms with E-state index in [0.29, 0.717) is 5.25 Å². The molecule has 3 heterocycles. The zero-order valence-corrected chi connectivity index (χ0v) is 14.8. The Balaban J connectivity index is 1.66. The monoisotopic (exact) mass is 387 g/mol. The molecule has 0 spiro atoms. The van der Waals surface area contributed by atoms with Gasteiger partial charge in [0.1, 0.15) is 0 Å². The third-order valence-electron chi connectivity index (χ3n) is 3.27. The number of thioether (sulfide) groups is 1. The zero-order chi connectivity index (χ0) is 13.9. The van der Waals surface area contributed by atoms with Crippen LogP contribution in [0.25, 0.3) is 0 Å². The highest BCUT2D eigenvalue weighted by molar-refractivity contribution is 9.10. The minimum atomic E-state index is 0.174. The van der Waals surface area contributed by atoms with Gasteiger partial charge in [0.15, 0.2) is 0 Å². The summed E-state index contributed by atoms with van der Waals surface area (Å²) < 4.78 is 0.992. The smallest absolute Gasteiger partial charge is 0.263 e. The molecule has 1 amide bonds. The highest BCUT2D eigenvalue weighted by atomic mass is 79.9. The maximum atomic E-state index is 12.5. The lowest BCUT2D eigenvalue weighted by Gasteiger charge is -2.19. The molecule has 0 N–H and O–H groups in total. The largest absolute Gasteiger partial charge is 0.337 e. The molecule has 2 nitrogen and oxygen atoms in total. The maximum absolute atomic E-state index is 12.5. The Morgan fingerprint density at radius 3 is 2.95 bits per heavy atom. The van der Waals surface area contributed by atoms with Crippen LogP contribution in [0.3, 0.4) is 0 Å². The molecule has 1 atom stereocenters. The summed E-state index contributed by atoms with van der Waals surface area (Å²) in [6.07, 6.45) is 1.05. The summed E-state index contributed by atoms with van der Waals surface area (Å²) in [6.45, 7) is 1.70. The fraction of sp³-hybridized carbons (Fsp3) is 0.357. The van der Waals surface area contributed by atoms with Gasteiger partial charge in [0.25, 0.3) is 5.91 Å². The highest BCUT2D eigenvalue weighted by Crippen LogP contribution is 2.37. The molecule has 1 unspecified atom stereocenters. The molecule has 1 aliphatic heterocycles. The van der Waals surface area contributed by atoms with E-state index in [4.69, 9.17) is 0 Å². The number of carbonyl (C=O) groups excluding carboxylic acids is 1. The van der Waals surface area contributed by atoms with Gasteiger partial charge in [0.05, 0.1) is 4.88 Å². The first kappa shape index (κ1) is 14.6. The van der Waals surface area contributed by atoms with Crippen LogP contribution in [0.1, 0.15) is 26.2 Å². The van der Waals surface area contributed by atoms with Crippen molar-refractivity contribution in [2.45, 2.75) is 11.7 Å². The number of carbonyl (C=O) groups is 1. The molecule has 0 saturated carbocycles. The number of thiophene rings is 2. The topological polar surface area (TPSA) is 20.3 Å². The summed E-state index contributed by atoms with van der Waals surface area (Å²) in [6, 6.07) is 6.23. The van der Waals surface area contributed by atoms with Gasteiger partial charge in [-0.15, -0.1) is 22.7 Å². The van der Waals surface area contributed by atoms with E-state index < -0.39 is 0 Å². The predicted octanol–water partition coefficient (Wildman–Crippen LogP) is 4.89. The molecule has 0 aliphatic carbocycles. The molecule has 1 fully saturated rings. The van der Waals surface area contributed by atoms with Crippen molar-refractivity contribution >= 4 is 56.3 Å². The van der Waals surface area contributed by atoms with Crippen molar-refractivity contribution in [3.05, 3.63) is 43.2 Å². The van der Waals surface area contributed by atoms with E-state index in [9.17, 15) is 4.79 Å². The Morgan fingerprint density at radius 1 is 1.35 bits per heavy atom. The van der Waals surface area contributed by atoms with Gasteiger partial charge in [0.2, 0.25) is 0 Å². The van der Waals surface area contributed by atoms with Crippen LogP contribution in [0, 0.1) is 0 Å². The first-order valence-electron chi connectivity index (χ1n) is 6.42. The molecule has 2 aromatic heterocycles. The fourth-order valence-electron chi connectivity index (χ4n) is 2.26. The van der Waals surface area contributed by atoms with Crippen molar-refractivity contribution in [3.8, 4) is 0 Å². The first-order valence-corrected chi connectivity index (χ1v) is 10.0. The van der Waals surface area contributed by atoms with Crippen molar-refractivity contribution in [2.24, 2.45) is 0 Å². The molecule has 1 aliphatic rings. The second-order valence-electron chi connectivity index (χ2n) is 4.58. The Bertz CT molecular complexity index is 581. The minimum absolute atomic E-state index is 0.174. The van der Waals surface area contributed by atoms with Gasteiger partial charge in [-0.1, -0.05) is 6.07 Å². The van der Waals surface area contributed by atoms with Gasteiger partial charge in [-0.05, 0) is 39.9 Å². The molecule has 1 saturated heterocycles. The van der Waals surface area contributed by atoms with Crippen LogP contribution in [0.4, 0.5) is 0 Å². The maximum Gasteiger partial charge on any atom is 0.263 e. The number of hydrogen-bond acceptors (Lipinski definition) is 4. The number of amides is 1. The second-order valence-corrected chi connectivity index (χ2v) is 8.70. The van der Waals surface area contributed by atoms with E-state index in [-0.39, 0.29) is 5.91 Å². The molecular formula is C14H14BrNOS3. The van der Waals surface area contributed by atoms with Gasteiger partial charge in [-0.2, -0.15) is 11.8 Å². The predicted molar refractivity (Wildman–Crippen MR) is 92.1 cm³/mol. The van der Waals surface area contributed by atoms with Crippen molar-refractivity contribution in [1.82, 2.24) is 4.90 Å². The Kier molecular flexibility index (Phi) is 4.86. The van der Waals surface area contributed by atoms with Crippen LogP contribution >= 0.6 is 50.4 Å². The van der Waals surface area contributed by atoms with Crippen LogP contribution in [0.5, 0.6) is 0 Å². The summed E-state index contributed by atoms with van der Waals surface area (Å²) in [5.74, 6) is 1.19. The lowest BCUT2D eigenvalue weighted by atomic mass is 10.2. The minimum Gasteiger partial charge on any atom is -0.337 e. The SMILES string of the molecule is O=C(c1cc(Br)cs1)N1CCSC(c2cccs2)CC1. The number of nitrogens with zero attached hydrogens (tertiary/aromatic N) is 1. The molecule has 6 heteroatoms. The molecule has 0 bridgehead atoms. The molecule has 2 aromatic rings. The fourth-order valence-corrected chi connectivity index (χ4v) is 5.89. The quantitative estimate of drug-likeness (QED) is 0.730. The molecule has 0 aromatic carbocycles. The normalized spacial score (nSPS) is 19.9. The van der Waals surface area contributed by atoms with Gasteiger partial charge in [0, 0.05) is 38.8 Å². The summed E-state index contributed by atoms with van der Waals surface area (Å²) in [4.78, 5) is 16.7. The Hall–Kier alpha value is -0.300. The van der Waals surface area contributed by atoms with Gasteiger partial charge >= 0.3 is 0 Å². The average molecular weight is 388 g/mol. The molecule has 3 rings (SSSR count). The summed E-state index contributed by atoms with van der Waals surface area (Å²) in [7, 11) is 0. The Labute approximate surface area is 139 Å². The summed E-state index contributed by atoms with van der Waals surface area (Å²) in [5, 5.41) is 4.64. The van der Waals surface area contributed by atoms with Gasteiger partial charge in [-0.3, -0.25) is 4.79 Å². The van der Waals surface area contributed by atoms with Crippen LogP contribution in [-0.2, 0) is 0 Å². The van der Waals surface area contributed by atoms with Crippen LogP contribution in [0.2, 0.25) is 0 Å². The number of rotatable bonds is 2. The van der Waals surface area contributed by atoms with Crippen LogP contribution in [-0.4, -0.2) is 29.6 Å². The third-order valence-corrected chi connectivity index (χ3v) is 7.39. The molecule has 0 radical (unpaired) electrons. The number of hydrogen-bond donors (Lipinski definition) is 0. The zero-order valence-electron chi connectivity index (χ0n) is 10.8. The van der Waals surface area contributed by atoms with Crippen molar-refractivity contribution in [1.29, 1.82) is 0 Å².